The Morgan fingerprint density at radius 2 is 2.06 bits per heavy atom. The third kappa shape index (κ3) is 3.13. The summed E-state index contributed by atoms with van der Waals surface area (Å²) in [5.41, 5.74) is -0.436. The average Bonchev–Trinajstić information content (AvgIpc) is 2.28. The summed E-state index contributed by atoms with van der Waals surface area (Å²) in [5.74, 6) is -0.153. The van der Waals surface area contributed by atoms with Crippen molar-refractivity contribution in [1.29, 1.82) is 0 Å². The van der Waals surface area contributed by atoms with Crippen molar-refractivity contribution in [3.8, 4) is 11.5 Å². The van der Waals surface area contributed by atoms with E-state index in [9.17, 15) is 15.0 Å². The van der Waals surface area contributed by atoms with Gasteiger partial charge in [-0.15, -0.1) is 0 Å². The zero-order valence-corrected chi connectivity index (χ0v) is 11.0. The molecule has 1 unspecified atom stereocenters. The molecule has 0 fully saturated rings. The Balaban J connectivity index is 2.89. The highest BCUT2D eigenvalue weighted by atomic mass is 16.5. The fourth-order valence-electron chi connectivity index (χ4n) is 1.30. The smallest absolute Gasteiger partial charge is 0.251 e. The van der Waals surface area contributed by atoms with E-state index in [0.29, 0.717) is 11.3 Å². The third-order valence-electron chi connectivity index (χ3n) is 2.92. The van der Waals surface area contributed by atoms with Crippen LogP contribution in [0, 0.1) is 0 Å². The molecule has 0 aliphatic rings. The Kier molecular flexibility index (Phi) is 4.19. The summed E-state index contributed by atoms with van der Waals surface area (Å²) in [6.07, 6.45) is -0.687. The first-order valence-corrected chi connectivity index (χ1v) is 5.65. The number of phenols is 1. The van der Waals surface area contributed by atoms with Gasteiger partial charge in [0, 0.05) is 5.56 Å². The largest absolute Gasteiger partial charge is 0.504 e. The third-order valence-corrected chi connectivity index (χ3v) is 2.92. The first kappa shape index (κ1) is 14.3. The van der Waals surface area contributed by atoms with Gasteiger partial charge < -0.3 is 20.3 Å². The number of nitrogens with one attached hydrogen (secondary N) is 1. The molecule has 18 heavy (non-hydrogen) atoms. The van der Waals surface area contributed by atoms with Crippen LogP contribution in [0.4, 0.5) is 0 Å². The van der Waals surface area contributed by atoms with Crippen molar-refractivity contribution in [2.75, 3.05) is 7.11 Å². The molecule has 0 heterocycles. The highest BCUT2D eigenvalue weighted by Crippen LogP contribution is 2.26. The van der Waals surface area contributed by atoms with Gasteiger partial charge >= 0.3 is 0 Å². The number of methoxy groups -OCH3 is 1. The molecule has 0 saturated carbocycles. The number of carbonyl (C=O) groups excluding carboxylic acids is 1. The Labute approximate surface area is 106 Å². The van der Waals surface area contributed by atoms with Crippen molar-refractivity contribution in [3.63, 3.8) is 0 Å². The first-order chi connectivity index (χ1) is 8.27. The Bertz CT molecular complexity index is 441. The molecule has 0 aliphatic carbocycles. The molecule has 0 spiro atoms. The van der Waals surface area contributed by atoms with E-state index in [1.807, 2.05) is 0 Å². The van der Waals surface area contributed by atoms with Gasteiger partial charge in [0.2, 0.25) is 0 Å². The monoisotopic (exact) mass is 253 g/mol. The molecule has 5 nitrogen and oxygen atoms in total. The van der Waals surface area contributed by atoms with Gasteiger partial charge in [0.05, 0.1) is 18.8 Å². The molecular formula is C13H19NO4. The number of ether oxygens (including phenoxy) is 1. The minimum atomic E-state index is -0.743. The normalized spacial score (nSPS) is 12.9. The molecule has 1 aromatic carbocycles. The van der Waals surface area contributed by atoms with E-state index in [0.717, 1.165) is 0 Å². The van der Waals surface area contributed by atoms with Crippen molar-refractivity contribution >= 4 is 5.91 Å². The molecule has 5 heteroatoms. The predicted octanol–water partition coefficient (Wildman–Crippen LogP) is 1.29. The SMILES string of the molecule is COc1ccc(C(=O)NC(C)(C)C(C)O)cc1O. The summed E-state index contributed by atoms with van der Waals surface area (Å²) in [6.45, 7) is 5.05. The molecule has 0 radical (unpaired) electrons. The van der Waals surface area contributed by atoms with E-state index in [4.69, 9.17) is 4.74 Å². The molecule has 1 amide bonds. The van der Waals surface area contributed by atoms with E-state index >= 15 is 0 Å². The number of aliphatic hydroxyl groups is 1. The molecule has 1 aromatic rings. The van der Waals surface area contributed by atoms with Crippen LogP contribution in [-0.4, -0.2) is 34.9 Å². The second-order valence-electron chi connectivity index (χ2n) is 4.74. The number of rotatable bonds is 4. The fraction of sp³-hybridized carbons (Fsp3) is 0.462. The maximum absolute atomic E-state index is 11.9. The summed E-state index contributed by atoms with van der Waals surface area (Å²) >= 11 is 0. The highest BCUT2D eigenvalue weighted by molar-refractivity contribution is 5.95. The highest BCUT2D eigenvalue weighted by Gasteiger charge is 2.26. The van der Waals surface area contributed by atoms with Crippen molar-refractivity contribution in [2.24, 2.45) is 0 Å². The van der Waals surface area contributed by atoms with Gasteiger partial charge in [-0.25, -0.2) is 0 Å². The molecule has 0 saturated heterocycles. The van der Waals surface area contributed by atoms with Crippen molar-refractivity contribution in [1.82, 2.24) is 5.32 Å². The minimum absolute atomic E-state index is 0.0972. The van der Waals surface area contributed by atoms with Crippen LogP contribution in [-0.2, 0) is 0 Å². The van der Waals surface area contributed by atoms with Gasteiger partial charge in [-0.05, 0) is 39.0 Å². The second kappa shape index (κ2) is 5.27. The summed E-state index contributed by atoms with van der Waals surface area (Å²) in [4.78, 5) is 11.9. The van der Waals surface area contributed by atoms with E-state index in [1.165, 1.54) is 19.2 Å². The number of aliphatic hydroxyl groups excluding tert-OH is 1. The van der Waals surface area contributed by atoms with Crippen LogP contribution >= 0.6 is 0 Å². The Morgan fingerprint density at radius 1 is 1.44 bits per heavy atom. The number of amides is 1. The molecule has 0 aromatic heterocycles. The number of hydrogen-bond acceptors (Lipinski definition) is 4. The number of aromatic hydroxyl groups is 1. The zero-order valence-electron chi connectivity index (χ0n) is 11.0. The summed E-state index contributed by atoms with van der Waals surface area (Å²) in [6, 6.07) is 4.39. The van der Waals surface area contributed by atoms with E-state index in [1.54, 1.807) is 26.8 Å². The van der Waals surface area contributed by atoms with Gasteiger partial charge in [-0.1, -0.05) is 0 Å². The lowest BCUT2D eigenvalue weighted by molar-refractivity contribution is 0.0709. The lowest BCUT2D eigenvalue weighted by Crippen LogP contribution is -2.50. The van der Waals surface area contributed by atoms with Crippen LogP contribution in [0.15, 0.2) is 18.2 Å². The minimum Gasteiger partial charge on any atom is -0.504 e. The van der Waals surface area contributed by atoms with Crippen LogP contribution in [0.25, 0.3) is 0 Å². The van der Waals surface area contributed by atoms with Crippen LogP contribution < -0.4 is 10.1 Å². The van der Waals surface area contributed by atoms with Gasteiger partial charge in [0.25, 0.3) is 5.91 Å². The lowest BCUT2D eigenvalue weighted by Gasteiger charge is -2.29. The number of hydrogen-bond donors (Lipinski definition) is 3. The van der Waals surface area contributed by atoms with E-state index < -0.39 is 11.6 Å². The van der Waals surface area contributed by atoms with Crippen molar-refractivity contribution < 1.29 is 19.7 Å². The maximum atomic E-state index is 11.9. The Hall–Kier alpha value is -1.75. The average molecular weight is 253 g/mol. The van der Waals surface area contributed by atoms with Crippen LogP contribution in [0.2, 0.25) is 0 Å². The Morgan fingerprint density at radius 3 is 2.50 bits per heavy atom. The fourth-order valence-corrected chi connectivity index (χ4v) is 1.30. The standard InChI is InChI=1S/C13H19NO4/c1-8(15)13(2,3)14-12(17)9-5-6-11(18-4)10(16)7-9/h5-8,15-16H,1-4H3,(H,14,17). The number of benzene rings is 1. The van der Waals surface area contributed by atoms with Gasteiger partial charge in [0.15, 0.2) is 11.5 Å². The molecule has 0 bridgehead atoms. The summed E-state index contributed by atoms with van der Waals surface area (Å²) in [5, 5.41) is 21.8. The molecule has 100 valence electrons. The molecule has 1 rings (SSSR count). The maximum Gasteiger partial charge on any atom is 0.251 e. The van der Waals surface area contributed by atoms with Crippen LogP contribution in [0.1, 0.15) is 31.1 Å². The van der Waals surface area contributed by atoms with Gasteiger partial charge in [0.1, 0.15) is 0 Å². The van der Waals surface area contributed by atoms with E-state index in [2.05, 4.69) is 5.32 Å². The van der Waals surface area contributed by atoms with Crippen LogP contribution in [0.3, 0.4) is 0 Å². The van der Waals surface area contributed by atoms with Gasteiger partial charge in [-0.3, -0.25) is 4.79 Å². The molecular weight excluding hydrogens is 234 g/mol. The number of phenolic OH excluding ortho intramolecular Hbond substituents is 1. The zero-order chi connectivity index (χ0) is 13.9. The second-order valence-corrected chi connectivity index (χ2v) is 4.74. The van der Waals surface area contributed by atoms with Crippen molar-refractivity contribution in [3.05, 3.63) is 23.8 Å². The quantitative estimate of drug-likeness (QED) is 0.755. The number of carbonyl (C=O) groups is 1. The topological polar surface area (TPSA) is 78.8 Å². The van der Waals surface area contributed by atoms with Crippen molar-refractivity contribution in [2.45, 2.75) is 32.4 Å². The molecule has 3 N–H and O–H groups in total. The summed E-state index contributed by atoms with van der Waals surface area (Å²) in [7, 11) is 1.44. The molecule has 1 atom stereocenters. The molecule has 0 aliphatic heterocycles. The van der Waals surface area contributed by atoms with E-state index in [-0.39, 0.29) is 11.7 Å². The summed E-state index contributed by atoms with van der Waals surface area (Å²) < 4.78 is 4.90. The van der Waals surface area contributed by atoms with Crippen LogP contribution in [0.5, 0.6) is 11.5 Å². The van der Waals surface area contributed by atoms with Gasteiger partial charge in [-0.2, -0.15) is 0 Å². The predicted molar refractivity (Wildman–Crippen MR) is 67.9 cm³/mol. The first-order valence-electron chi connectivity index (χ1n) is 5.65. The lowest BCUT2D eigenvalue weighted by atomic mass is 9.98.